The molecule has 0 heterocycles. The van der Waals surface area contributed by atoms with Gasteiger partial charge in [0.2, 0.25) is 0 Å². The van der Waals surface area contributed by atoms with Crippen molar-refractivity contribution in [3.8, 4) is 11.5 Å². The molecule has 0 saturated heterocycles. The summed E-state index contributed by atoms with van der Waals surface area (Å²) in [7, 11) is 2.83. The summed E-state index contributed by atoms with van der Waals surface area (Å²) in [4.78, 5) is 12.3. The van der Waals surface area contributed by atoms with E-state index in [1.165, 1.54) is 32.4 Å². The number of rotatable bonds is 4. The summed E-state index contributed by atoms with van der Waals surface area (Å²) < 4.78 is 23.5. The maximum atomic E-state index is 13.6. The zero-order chi connectivity index (χ0) is 14.7. The summed E-state index contributed by atoms with van der Waals surface area (Å²) in [5, 5.41) is 0. The van der Waals surface area contributed by atoms with Crippen LogP contribution in [0.3, 0.4) is 0 Å². The number of anilines is 1. The smallest absolute Gasteiger partial charge is 0.193 e. The van der Waals surface area contributed by atoms with Gasteiger partial charge in [-0.3, -0.25) is 4.79 Å². The maximum Gasteiger partial charge on any atom is 0.193 e. The second kappa shape index (κ2) is 5.61. The summed E-state index contributed by atoms with van der Waals surface area (Å²) in [6.07, 6.45) is 0. The van der Waals surface area contributed by atoms with Gasteiger partial charge in [0.1, 0.15) is 5.75 Å². The highest BCUT2D eigenvalue weighted by Gasteiger charge is 2.14. The van der Waals surface area contributed by atoms with Crippen LogP contribution < -0.4 is 15.2 Å². The van der Waals surface area contributed by atoms with Gasteiger partial charge in [-0.2, -0.15) is 0 Å². The number of nitrogens with two attached hydrogens (primary N) is 1. The van der Waals surface area contributed by atoms with Gasteiger partial charge in [0, 0.05) is 11.1 Å². The molecule has 0 fully saturated rings. The summed E-state index contributed by atoms with van der Waals surface area (Å²) >= 11 is 0. The van der Waals surface area contributed by atoms with E-state index in [4.69, 9.17) is 15.2 Å². The van der Waals surface area contributed by atoms with Crippen molar-refractivity contribution in [2.75, 3.05) is 20.0 Å². The maximum absolute atomic E-state index is 13.6. The Morgan fingerprint density at radius 2 is 1.60 bits per heavy atom. The standard InChI is InChI=1S/C15H14FNO3/c1-19-13-6-4-9(7-11(13)16)15(18)10-3-5-12(17)14(8-10)20-2/h3-8H,17H2,1-2H3. The van der Waals surface area contributed by atoms with Crippen molar-refractivity contribution in [1.29, 1.82) is 0 Å². The average Bonchev–Trinajstić information content (AvgIpc) is 2.47. The van der Waals surface area contributed by atoms with Crippen LogP contribution in [0.15, 0.2) is 36.4 Å². The van der Waals surface area contributed by atoms with Gasteiger partial charge in [0.25, 0.3) is 0 Å². The van der Waals surface area contributed by atoms with Gasteiger partial charge in [-0.05, 0) is 36.4 Å². The number of ether oxygens (including phenoxy) is 2. The van der Waals surface area contributed by atoms with Gasteiger partial charge in [0.15, 0.2) is 17.3 Å². The molecule has 0 aromatic heterocycles. The number of carbonyl (C=O) groups is 1. The van der Waals surface area contributed by atoms with Crippen LogP contribution in [0.1, 0.15) is 15.9 Å². The third kappa shape index (κ3) is 2.56. The number of nitrogen functional groups attached to an aromatic ring is 1. The molecule has 5 heteroatoms. The van der Waals surface area contributed by atoms with E-state index in [9.17, 15) is 9.18 Å². The summed E-state index contributed by atoms with van der Waals surface area (Å²) in [6, 6.07) is 8.74. The van der Waals surface area contributed by atoms with Gasteiger partial charge in [-0.25, -0.2) is 4.39 Å². The summed E-state index contributed by atoms with van der Waals surface area (Å²) in [5.41, 5.74) is 6.73. The van der Waals surface area contributed by atoms with E-state index in [0.29, 0.717) is 17.0 Å². The molecule has 0 radical (unpaired) electrons. The minimum atomic E-state index is -0.583. The number of hydrogen-bond donors (Lipinski definition) is 1. The highest BCUT2D eigenvalue weighted by molar-refractivity contribution is 6.09. The third-order valence-electron chi connectivity index (χ3n) is 2.91. The van der Waals surface area contributed by atoms with Crippen molar-refractivity contribution >= 4 is 11.5 Å². The molecule has 104 valence electrons. The van der Waals surface area contributed by atoms with Gasteiger partial charge >= 0.3 is 0 Å². The lowest BCUT2D eigenvalue weighted by molar-refractivity contribution is 0.103. The Morgan fingerprint density at radius 1 is 1.00 bits per heavy atom. The molecule has 0 aliphatic carbocycles. The predicted molar refractivity (Wildman–Crippen MR) is 73.8 cm³/mol. The van der Waals surface area contributed by atoms with Crippen molar-refractivity contribution in [1.82, 2.24) is 0 Å². The van der Waals surface area contributed by atoms with E-state index in [1.54, 1.807) is 12.1 Å². The summed E-state index contributed by atoms with van der Waals surface area (Å²) in [5.74, 6) is -0.396. The first-order valence-electron chi connectivity index (χ1n) is 5.88. The second-order valence-electron chi connectivity index (χ2n) is 4.14. The molecule has 0 aliphatic rings. The summed E-state index contributed by atoms with van der Waals surface area (Å²) in [6.45, 7) is 0. The molecule has 0 aliphatic heterocycles. The van der Waals surface area contributed by atoms with Crippen molar-refractivity contribution in [2.45, 2.75) is 0 Å². The molecule has 2 aromatic rings. The quantitative estimate of drug-likeness (QED) is 0.688. The fraction of sp³-hybridized carbons (Fsp3) is 0.133. The van der Waals surface area contributed by atoms with E-state index in [2.05, 4.69) is 0 Å². The lowest BCUT2D eigenvalue weighted by Gasteiger charge is -2.08. The Morgan fingerprint density at radius 3 is 2.20 bits per heavy atom. The largest absolute Gasteiger partial charge is 0.495 e. The van der Waals surface area contributed by atoms with Crippen LogP contribution in [0.4, 0.5) is 10.1 Å². The van der Waals surface area contributed by atoms with Gasteiger partial charge in [-0.15, -0.1) is 0 Å². The van der Waals surface area contributed by atoms with Crippen LogP contribution in [0, 0.1) is 5.82 Å². The highest BCUT2D eigenvalue weighted by atomic mass is 19.1. The normalized spacial score (nSPS) is 10.2. The topological polar surface area (TPSA) is 61.5 Å². The second-order valence-corrected chi connectivity index (χ2v) is 4.14. The van der Waals surface area contributed by atoms with Gasteiger partial charge < -0.3 is 15.2 Å². The molecule has 0 atom stereocenters. The molecule has 2 aromatic carbocycles. The molecular formula is C15H14FNO3. The van der Waals surface area contributed by atoms with Gasteiger partial charge in [0.05, 0.1) is 19.9 Å². The first kappa shape index (κ1) is 13.9. The molecule has 0 unspecified atom stereocenters. The molecule has 0 bridgehead atoms. The van der Waals surface area contributed by atoms with E-state index in [-0.39, 0.29) is 17.1 Å². The predicted octanol–water partition coefficient (Wildman–Crippen LogP) is 2.66. The van der Waals surface area contributed by atoms with Crippen LogP contribution in [0.2, 0.25) is 0 Å². The van der Waals surface area contributed by atoms with Crippen molar-refractivity contribution in [3.63, 3.8) is 0 Å². The molecule has 2 N–H and O–H groups in total. The zero-order valence-corrected chi connectivity index (χ0v) is 11.1. The van der Waals surface area contributed by atoms with E-state index >= 15 is 0 Å². The SMILES string of the molecule is COc1cc(C(=O)c2ccc(OC)c(F)c2)ccc1N. The van der Waals surface area contributed by atoms with Crippen LogP contribution in [-0.2, 0) is 0 Å². The lowest BCUT2D eigenvalue weighted by atomic mass is 10.0. The van der Waals surface area contributed by atoms with Crippen LogP contribution in [0.25, 0.3) is 0 Å². The third-order valence-corrected chi connectivity index (χ3v) is 2.91. The number of benzene rings is 2. The average molecular weight is 275 g/mol. The number of methoxy groups -OCH3 is 2. The van der Waals surface area contributed by atoms with E-state index < -0.39 is 5.82 Å². The minimum absolute atomic E-state index is 0.0939. The molecule has 0 spiro atoms. The van der Waals surface area contributed by atoms with Crippen LogP contribution in [-0.4, -0.2) is 20.0 Å². The number of hydrogen-bond acceptors (Lipinski definition) is 4. The number of ketones is 1. The fourth-order valence-electron chi connectivity index (χ4n) is 1.83. The van der Waals surface area contributed by atoms with E-state index in [0.717, 1.165) is 6.07 Å². The highest BCUT2D eigenvalue weighted by Crippen LogP contribution is 2.25. The number of halogens is 1. The number of carbonyl (C=O) groups excluding carboxylic acids is 1. The Kier molecular flexibility index (Phi) is 3.89. The van der Waals surface area contributed by atoms with Crippen LogP contribution >= 0.6 is 0 Å². The van der Waals surface area contributed by atoms with Gasteiger partial charge in [-0.1, -0.05) is 0 Å². The van der Waals surface area contributed by atoms with Crippen molar-refractivity contribution in [3.05, 3.63) is 53.3 Å². The fourth-order valence-corrected chi connectivity index (χ4v) is 1.83. The van der Waals surface area contributed by atoms with E-state index in [1.807, 2.05) is 0 Å². The Hall–Kier alpha value is -2.56. The monoisotopic (exact) mass is 275 g/mol. The Bertz CT molecular complexity index is 656. The lowest BCUT2D eigenvalue weighted by Crippen LogP contribution is -2.04. The molecule has 2 rings (SSSR count). The molecule has 20 heavy (non-hydrogen) atoms. The van der Waals surface area contributed by atoms with Crippen molar-refractivity contribution < 1.29 is 18.7 Å². The van der Waals surface area contributed by atoms with Crippen molar-refractivity contribution in [2.24, 2.45) is 0 Å². The minimum Gasteiger partial charge on any atom is -0.495 e. The Labute approximate surface area is 115 Å². The first-order valence-corrected chi connectivity index (χ1v) is 5.88. The Balaban J connectivity index is 2.38. The first-order chi connectivity index (χ1) is 9.56. The molecular weight excluding hydrogens is 261 g/mol. The molecule has 4 nitrogen and oxygen atoms in total. The molecule has 0 saturated carbocycles. The van der Waals surface area contributed by atoms with Crippen LogP contribution in [0.5, 0.6) is 11.5 Å². The zero-order valence-electron chi connectivity index (χ0n) is 11.1. The molecule has 0 amide bonds.